The Morgan fingerprint density at radius 2 is 1.03 bits per heavy atom. The Bertz CT molecular complexity index is 1150. The van der Waals surface area contributed by atoms with E-state index < -0.39 is 0 Å². The third-order valence-electron chi connectivity index (χ3n) is 4.57. The number of nitrogens with zero attached hydrogens (tertiary/aromatic N) is 6. The van der Waals surface area contributed by atoms with E-state index in [0.29, 0.717) is 0 Å². The minimum absolute atomic E-state index is 0. The summed E-state index contributed by atoms with van der Waals surface area (Å²) in [5.41, 5.74) is 2.12. The molecule has 0 aliphatic rings. The van der Waals surface area contributed by atoms with Gasteiger partial charge in [-0.15, -0.1) is 82.2 Å². The summed E-state index contributed by atoms with van der Waals surface area (Å²) in [6, 6.07) is 24.9. The second kappa shape index (κ2) is 11.1. The molecule has 6 aromatic rings. The Kier molecular flexibility index (Phi) is 8.86. The van der Waals surface area contributed by atoms with Gasteiger partial charge < -0.3 is 24.8 Å². The zero-order chi connectivity index (χ0) is 18.8. The first-order valence-corrected chi connectivity index (χ1v) is 8.88. The topological polar surface area (TPSA) is 61.4 Å². The van der Waals surface area contributed by atoms with Crippen LogP contribution in [0.1, 0.15) is 0 Å². The third kappa shape index (κ3) is 5.36. The number of fused-ring (bicyclic) bond motifs is 2. The van der Waals surface area contributed by atoms with Crippen LogP contribution >= 0.6 is 0 Å². The second-order valence-electron chi connectivity index (χ2n) is 6.37. The predicted octanol–water partition coefficient (Wildman–Crippen LogP) is -1.72. The summed E-state index contributed by atoms with van der Waals surface area (Å²) in [6.07, 6.45) is 6.48. The van der Waals surface area contributed by atoms with E-state index in [0.717, 1.165) is 11.4 Å². The van der Waals surface area contributed by atoms with Crippen LogP contribution in [-0.4, -0.2) is 29.5 Å². The first-order valence-electron chi connectivity index (χ1n) is 8.88. The van der Waals surface area contributed by atoms with Gasteiger partial charge in [0.25, 0.3) is 0 Å². The number of hydrogen-bond acceptors (Lipinski definition) is 4. The fourth-order valence-corrected chi connectivity index (χ4v) is 3.22. The molecule has 0 saturated heterocycles. The van der Waals surface area contributed by atoms with Gasteiger partial charge in [-0.1, -0.05) is 12.1 Å². The maximum Gasteiger partial charge on any atom is 4.00 e. The monoisotopic (exact) mass is 614 g/mol. The quantitative estimate of drug-likeness (QED) is 0.172. The van der Waals surface area contributed by atoms with Crippen LogP contribution in [-0.2, 0) is 25.8 Å². The maximum atomic E-state index is 4.09. The summed E-state index contributed by atoms with van der Waals surface area (Å²) in [7, 11) is 0. The van der Waals surface area contributed by atoms with Crippen LogP contribution < -0.4 is 24.8 Å². The Labute approximate surface area is 210 Å². The maximum absolute atomic E-state index is 4.09. The minimum Gasteiger partial charge on any atom is -1.00 e. The zero-order valence-electron chi connectivity index (χ0n) is 16.2. The summed E-state index contributed by atoms with van der Waals surface area (Å²) in [4.78, 5) is 7.84. The first kappa shape index (κ1) is 24.7. The smallest absolute Gasteiger partial charge is 1.00 e. The summed E-state index contributed by atoms with van der Waals surface area (Å²) < 4.78 is 3.53. The molecule has 0 radical (unpaired) electrons. The van der Waals surface area contributed by atoms with Gasteiger partial charge in [0.05, 0.1) is 0 Å². The van der Waals surface area contributed by atoms with Crippen LogP contribution in [0, 0.1) is 0 Å². The van der Waals surface area contributed by atoms with E-state index in [9.17, 15) is 0 Å². The minimum atomic E-state index is 0. The summed E-state index contributed by atoms with van der Waals surface area (Å²) in [6.45, 7) is 0. The Hall–Kier alpha value is -2.61. The fraction of sp³-hybridized carbons (Fsp3) is 0. The average Bonchev–Trinajstić information content (AvgIpc) is 3.54. The molecule has 0 bridgehead atoms. The van der Waals surface area contributed by atoms with E-state index in [1.807, 2.05) is 24.3 Å². The van der Waals surface area contributed by atoms with Crippen molar-refractivity contribution in [1.29, 1.82) is 0 Å². The van der Waals surface area contributed by atoms with Gasteiger partial charge in [0.1, 0.15) is 25.3 Å². The number of hydrogen-bond donors (Lipinski definition) is 0. The number of aromatic nitrogens is 6. The van der Waals surface area contributed by atoms with Crippen molar-refractivity contribution in [2.24, 2.45) is 0 Å². The van der Waals surface area contributed by atoms with Gasteiger partial charge >= 0.3 is 25.8 Å². The molecule has 0 amide bonds. The van der Waals surface area contributed by atoms with Crippen LogP contribution in [0.15, 0.2) is 98.1 Å². The molecule has 0 aliphatic heterocycles. The van der Waals surface area contributed by atoms with Crippen molar-refractivity contribution in [2.75, 3.05) is 0 Å². The second-order valence-corrected chi connectivity index (χ2v) is 6.37. The normalized spacial score (nSPS) is 9.81. The first-order chi connectivity index (χ1) is 13.9. The van der Waals surface area contributed by atoms with Crippen molar-refractivity contribution in [3.05, 3.63) is 98.1 Å². The van der Waals surface area contributed by atoms with E-state index >= 15 is 0 Å². The molecule has 0 fully saturated rings. The van der Waals surface area contributed by atoms with Crippen LogP contribution in [0.5, 0.6) is 0 Å². The van der Waals surface area contributed by atoms with Crippen molar-refractivity contribution in [2.45, 2.75) is 0 Å². The number of halogens is 2. The van der Waals surface area contributed by atoms with Crippen LogP contribution in [0.3, 0.4) is 0 Å². The van der Waals surface area contributed by atoms with E-state index in [-0.39, 0.29) is 50.7 Å². The molecule has 6 nitrogen and oxygen atoms in total. The molecule has 6 rings (SSSR count). The summed E-state index contributed by atoms with van der Waals surface area (Å²) in [5.74, 6) is 0. The standard InChI is InChI=1S/2C11H8N3.2ClH.Hf/c2*1-2-4-10-6-11(5-9(10)3-1)14-8-12-7-13-14;;;/h2*1-8H;2*1H;/q2*-1;;;+4/p-2. The van der Waals surface area contributed by atoms with Gasteiger partial charge in [0.2, 0.25) is 0 Å². The molecule has 0 aliphatic carbocycles. The van der Waals surface area contributed by atoms with E-state index in [4.69, 9.17) is 0 Å². The van der Waals surface area contributed by atoms with Crippen LogP contribution in [0.25, 0.3) is 32.9 Å². The Balaban J connectivity index is 0.000000201. The van der Waals surface area contributed by atoms with Gasteiger partial charge in [-0.25, -0.2) is 19.3 Å². The average molecular weight is 614 g/mol. The number of rotatable bonds is 2. The molecule has 2 heterocycles. The Morgan fingerprint density at radius 1 is 0.613 bits per heavy atom. The third-order valence-corrected chi connectivity index (χ3v) is 4.57. The zero-order valence-corrected chi connectivity index (χ0v) is 21.3. The predicted molar refractivity (Wildman–Crippen MR) is 109 cm³/mol. The van der Waals surface area contributed by atoms with Gasteiger partial charge in [0, 0.05) is 0 Å². The molecule has 0 saturated carbocycles. The van der Waals surface area contributed by atoms with Gasteiger partial charge in [0.15, 0.2) is 0 Å². The van der Waals surface area contributed by atoms with E-state index in [2.05, 4.69) is 68.7 Å². The van der Waals surface area contributed by atoms with Crippen LogP contribution in [0.2, 0.25) is 0 Å². The molecule has 152 valence electrons. The van der Waals surface area contributed by atoms with Gasteiger partial charge in [-0.3, -0.25) is 0 Å². The molecule has 0 unspecified atom stereocenters. The molecule has 31 heavy (non-hydrogen) atoms. The fourth-order valence-electron chi connectivity index (χ4n) is 3.22. The van der Waals surface area contributed by atoms with Crippen molar-refractivity contribution in [3.8, 4) is 11.4 Å². The largest absolute Gasteiger partial charge is 4.00 e. The summed E-state index contributed by atoms with van der Waals surface area (Å²) >= 11 is 0. The number of benzene rings is 2. The molecule has 0 spiro atoms. The molecular weight excluding hydrogens is 598 g/mol. The van der Waals surface area contributed by atoms with Crippen molar-refractivity contribution >= 4 is 21.5 Å². The summed E-state index contributed by atoms with van der Waals surface area (Å²) in [5, 5.41) is 13.1. The Morgan fingerprint density at radius 3 is 1.39 bits per heavy atom. The van der Waals surface area contributed by atoms with E-state index in [1.54, 1.807) is 22.0 Å². The van der Waals surface area contributed by atoms with Gasteiger partial charge in [-0.05, 0) is 11.4 Å². The van der Waals surface area contributed by atoms with E-state index in [1.165, 1.54) is 34.2 Å². The van der Waals surface area contributed by atoms with Crippen LogP contribution in [0.4, 0.5) is 0 Å². The molecule has 0 atom stereocenters. The molecule has 4 aromatic carbocycles. The molecule has 9 heteroatoms. The molecule has 0 N–H and O–H groups in total. The van der Waals surface area contributed by atoms with Crippen molar-refractivity contribution < 1.29 is 50.7 Å². The SMILES string of the molecule is [Cl-].[Cl-].[Hf+4].c1ccc2[cH-]c(-n3cncn3)cc2c1.c1ccc2[cH-]c(-n3cncn3)cc2c1. The molecule has 2 aromatic heterocycles. The van der Waals surface area contributed by atoms with Crippen molar-refractivity contribution in [1.82, 2.24) is 29.5 Å². The van der Waals surface area contributed by atoms with Crippen molar-refractivity contribution in [3.63, 3.8) is 0 Å². The van der Waals surface area contributed by atoms with Gasteiger partial charge in [-0.2, -0.15) is 10.2 Å². The molecular formula is C22H16Cl2HfN6.